The van der Waals surface area contributed by atoms with E-state index in [-0.39, 0.29) is 0 Å². The number of nitrogens with zero attached hydrogens (tertiary/aromatic N) is 4. The Balaban J connectivity index is 1.26. The number of guanidine groups is 1. The number of hydrogen-bond acceptors (Lipinski definition) is 5. The molecular formula is C21H39N5O3. The van der Waals surface area contributed by atoms with Gasteiger partial charge in [-0.1, -0.05) is 0 Å². The van der Waals surface area contributed by atoms with Crippen LogP contribution in [0.25, 0.3) is 0 Å². The van der Waals surface area contributed by atoms with Crippen LogP contribution in [0.2, 0.25) is 0 Å². The molecule has 0 saturated carbocycles. The van der Waals surface area contributed by atoms with Gasteiger partial charge in [-0.3, -0.25) is 14.7 Å². The summed E-state index contributed by atoms with van der Waals surface area (Å²) < 4.78 is 11.1. The highest BCUT2D eigenvalue weighted by Crippen LogP contribution is 2.12. The fraction of sp³-hybridized carbons (Fsp3) is 0.905. The topological polar surface area (TPSA) is 69.6 Å². The molecule has 3 rings (SSSR count). The average molecular weight is 410 g/mol. The van der Waals surface area contributed by atoms with Crippen molar-refractivity contribution in [2.24, 2.45) is 10.9 Å². The Morgan fingerprint density at radius 2 is 1.90 bits per heavy atom. The molecule has 3 saturated heterocycles. The smallest absolute Gasteiger partial charge is 0.236 e. The van der Waals surface area contributed by atoms with Crippen molar-refractivity contribution in [2.75, 3.05) is 85.8 Å². The Kier molecular flexibility index (Phi) is 9.50. The van der Waals surface area contributed by atoms with E-state index in [4.69, 9.17) is 9.47 Å². The van der Waals surface area contributed by atoms with Gasteiger partial charge < -0.3 is 24.6 Å². The summed E-state index contributed by atoms with van der Waals surface area (Å²) in [4.78, 5) is 23.5. The van der Waals surface area contributed by atoms with E-state index in [9.17, 15) is 4.79 Å². The number of piperazine rings is 1. The van der Waals surface area contributed by atoms with Crippen LogP contribution < -0.4 is 5.32 Å². The van der Waals surface area contributed by atoms with Crippen LogP contribution in [0.15, 0.2) is 4.99 Å². The van der Waals surface area contributed by atoms with E-state index in [2.05, 4.69) is 20.1 Å². The monoisotopic (exact) mass is 409 g/mol. The predicted octanol–water partition coefficient (Wildman–Crippen LogP) is 0.635. The van der Waals surface area contributed by atoms with Gasteiger partial charge >= 0.3 is 0 Å². The van der Waals surface area contributed by atoms with Gasteiger partial charge in [-0.2, -0.15) is 0 Å². The largest absolute Gasteiger partial charge is 0.381 e. The average Bonchev–Trinajstić information content (AvgIpc) is 3.28. The minimum atomic E-state index is 0.296. The molecule has 0 aliphatic carbocycles. The van der Waals surface area contributed by atoms with Gasteiger partial charge in [-0.25, -0.2) is 0 Å². The van der Waals surface area contributed by atoms with E-state index in [1.165, 1.54) is 6.42 Å². The summed E-state index contributed by atoms with van der Waals surface area (Å²) in [6.45, 7) is 10.2. The highest BCUT2D eigenvalue weighted by atomic mass is 16.5. The molecule has 3 aliphatic rings. The van der Waals surface area contributed by atoms with E-state index in [1.807, 2.05) is 11.9 Å². The van der Waals surface area contributed by atoms with E-state index in [1.54, 1.807) is 0 Å². The van der Waals surface area contributed by atoms with Crippen LogP contribution in [0.4, 0.5) is 0 Å². The molecular weight excluding hydrogens is 370 g/mol. The predicted molar refractivity (Wildman–Crippen MR) is 114 cm³/mol. The molecule has 166 valence electrons. The van der Waals surface area contributed by atoms with Gasteiger partial charge in [0.2, 0.25) is 5.91 Å². The van der Waals surface area contributed by atoms with Gasteiger partial charge in [0.25, 0.3) is 0 Å². The minimum absolute atomic E-state index is 0.296. The lowest BCUT2D eigenvalue weighted by molar-refractivity contribution is -0.133. The van der Waals surface area contributed by atoms with E-state index in [0.29, 0.717) is 18.4 Å². The van der Waals surface area contributed by atoms with E-state index >= 15 is 0 Å². The first kappa shape index (κ1) is 22.3. The number of carbonyl (C=O) groups excluding carboxylic acids is 1. The van der Waals surface area contributed by atoms with Gasteiger partial charge in [-0.05, 0) is 32.1 Å². The normalized spacial score (nSPS) is 24.2. The number of aliphatic imine (C=N–C) groups is 1. The summed E-state index contributed by atoms with van der Waals surface area (Å²) in [5, 5.41) is 3.45. The van der Waals surface area contributed by atoms with Crippen LogP contribution in [-0.4, -0.2) is 112 Å². The molecule has 8 nitrogen and oxygen atoms in total. The number of ether oxygens (including phenoxy) is 2. The first-order chi connectivity index (χ1) is 14.3. The number of carbonyl (C=O) groups is 1. The van der Waals surface area contributed by atoms with Crippen LogP contribution in [0.5, 0.6) is 0 Å². The summed E-state index contributed by atoms with van der Waals surface area (Å²) in [6, 6.07) is 0. The third-order valence-electron chi connectivity index (χ3n) is 6.08. The Labute approximate surface area is 175 Å². The molecule has 0 radical (unpaired) electrons. The van der Waals surface area contributed by atoms with Crippen molar-refractivity contribution >= 4 is 11.9 Å². The molecule has 0 aromatic carbocycles. The highest BCUT2D eigenvalue weighted by Gasteiger charge is 2.24. The number of rotatable bonds is 8. The maximum Gasteiger partial charge on any atom is 0.236 e. The van der Waals surface area contributed by atoms with Crippen molar-refractivity contribution in [1.82, 2.24) is 20.0 Å². The Morgan fingerprint density at radius 3 is 2.59 bits per heavy atom. The van der Waals surface area contributed by atoms with Gasteiger partial charge in [-0.15, -0.1) is 0 Å². The lowest BCUT2D eigenvalue weighted by atomic mass is 10.1. The fourth-order valence-corrected chi connectivity index (χ4v) is 4.22. The zero-order chi connectivity index (χ0) is 20.3. The second kappa shape index (κ2) is 12.3. The quantitative estimate of drug-likeness (QED) is 0.360. The summed E-state index contributed by atoms with van der Waals surface area (Å²) in [6.07, 6.45) is 5.66. The molecule has 8 heteroatoms. The molecule has 29 heavy (non-hydrogen) atoms. The molecule has 3 heterocycles. The van der Waals surface area contributed by atoms with Crippen LogP contribution in [0.3, 0.4) is 0 Å². The first-order valence-corrected chi connectivity index (χ1v) is 11.4. The molecule has 0 bridgehead atoms. The number of amides is 1. The molecule has 3 aliphatic heterocycles. The van der Waals surface area contributed by atoms with Crippen molar-refractivity contribution < 1.29 is 14.3 Å². The minimum Gasteiger partial charge on any atom is -0.381 e. The molecule has 1 N–H and O–H groups in total. The van der Waals surface area contributed by atoms with Crippen LogP contribution in [0, 0.1) is 5.92 Å². The van der Waals surface area contributed by atoms with Crippen LogP contribution in [0.1, 0.15) is 32.1 Å². The summed E-state index contributed by atoms with van der Waals surface area (Å²) in [5.41, 5.74) is 0. The van der Waals surface area contributed by atoms with Crippen molar-refractivity contribution in [3.8, 4) is 0 Å². The third-order valence-corrected chi connectivity index (χ3v) is 6.08. The maximum atomic E-state index is 12.5. The van der Waals surface area contributed by atoms with Gasteiger partial charge in [0.1, 0.15) is 0 Å². The lowest BCUT2D eigenvalue weighted by Crippen LogP contribution is -2.54. The number of hydrogen-bond donors (Lipinski definition) is 1. The molecule has 1 amide bonds. The molecule has 0 spiro atoms. The van der Waals surface area contributed by atoms with Crippen LogP contribution in [-0.2, 0) is 14.3 Å². The number of likely N-dealkylation sites (tertiary alicyclic amines) is 1. The molecule has 0 aromatic rings. The van der Waals surface area contributed by atoms with Gasteiger partial charge in [0, 0.05) is 72.0 Å². The van der Waals surface area contributed by atoms with Gasteiger partial charge in [0.05, 0.1) is 19.8 Å². The Morgan fingerprint density at radius 1 is 1.10 bits per heavy atom. The molecule has 3 fully saturated rings. The standard InChI is InChI=1S/C21H39N5O3/c1-22-21(23-7-5-14-28-17-19-6-15-29-18-19)26-12-10-24(11-13-26)16-20(27)25-8-3-2-4-9-25/h19H,2-18H2,1H3,(H,22,23). The second-order valence-corrected chi connectivity index (χ2v) is 8.34. The highest BCUT2D eigenvalue weighted by molar-refractivity contribution is 5.80. The van der Waals surface area contributed by atoms with Crippen molar-refractivity contribution in [3.05, 3.63) is 0 Å². The second-order valence-electron chi connectivity index (χ2n) is 8.34. The lowest BCUT2D eigenvalue weighted by Gasteiger charge is -2.37. The summed E-state index contributed by atoms with van der Waals surface area (Å²) in [5.74, 6) is 1.83. The zero-order valence-corrected chi connectivity index (χ0v) is 18.1. The molecule has 0 aromatic heterocycles. The molecule has 1 atom stereocenters. The Hall–Kier alpha value is -1.38. The van der Waals surface area contributed by atoms with Gasteiger partial charge in [0.15, 0.2) is 5.96 Å². The fourth-order valence-electron chi connectivity index (χ4n) is 4.22. The number of piperidine rings is 1. The Bertz CT molecular complexity index is 510. The van der Waals surface area contributed by atoms with E-state index < -0.39 is 0 Å². The van der Waals surface area contributed by atoms with Crippen molar-refractivity contribution in [2.45, 2.75) is 32.1 Å². The van der Waals surface area contributed by atoms with E-state index in [0.717, 1.165) is 104 Å². The zero-order valence-electron chi connectivity index (χ0n) is 18.1. The summed E-state index contributed by atoms with van der Waals surface area (Å²) >= 11 is 0. The molecule has 1 unspecified atom stereocenters. The van der Waals surface area contributed by atoms with Crippen molar-refractivity contribution in [3.63, 3.8) is 0 Å². The first-order valence-electron chi connectivity index (χ1n) is 11.4. The van der Waals surface area contributed by atoms with Crippen LogP contribution >= 0.6 is 0 Å². The number of nitrogens with one attached hydrogen (secondary N) is 1. The third kappa shape index (κ3) is 7.42. The maximum absolute atomic E-state index is 12.5. The SMILES string of the molecule is CN=C(NCCCOCC1CCOC1)N1CCN(CC(=O)N2CCCCC2)CC1. The van der Waals surface area contributed by atoms with Crippen molar-refractivity contribution in [1.29, 1.82) is 0 Å². The summed E-state index contributed by atoms with van der Waals surface area (Å²) in [7, 11) is 1.84.